The summed E-state index contributed by atoms with van der Waals surface area (Å²) in [5, 5.41) is 1.50. The van der Waals surface area contributed by atoms with Crippen molar-refractivity contribution in [2.75, 3.05) is 13.2 Å². The highest BCUT2D eigenvalue weighted by Gasteiger charge is 2.25. The molecule has 0 bridgehead atoms. The van der Waals surface area contributed by atoms with Gasteiger partial charge < -0.3 is 0 Å². The van der Waals surface area contributed by atoms with Gasteiger partial charge in [-0.1, -0.05) is 0 Å². The summed E-state index contributed by atoms with van der Waals surface area (Å²) in [6.07, 6.45) is 4.49. The van der Waals surface area contributed by atoms with Gasteiger partial charge in [0.25, 0.3) is 5.91 Å². The topological polar surface area (TPSA) is 29.5 Å². The number of fused-ring (bicyclic) bond motifs is 1. The third-order valence-electron chi connectivity index (χ3n) is 2.94. The monoisotopic (exact) mass is 223 g/mol. The van der Waals surface area contributed by atoms with Gasteiger partial charge in [0.2, 0.25) is 0 Å². The Morgan fingerprint density at radius 3 is 3.07 bits per heavy atom. The van der Waals surface area contributed by atoms with Crippen LogP contribution in [-0.4, -0.2) is 24.1 Å². The summed E-state index contributed by atoms with van der Waals surface area (Å²) in [5.41, 5.74) is 1.38. The lowest BCUT2D eigenvalue weighted by Gasteiger charge is -2.11. The minimum absolute atomic E-state index is 0.0481. The molecule has 1 aliphatic carbocycles. The first kappa shape index (κ1) is 9.36. The van der Waals surface area contributed by atoms with E-state index < -0.39 is 0 Å². The molecular formula is C11H13NO2S. The molecule has 2 aliphatic rings. The number of carbonyl (C=O) groups excluding carboxylic acids is 1. The van der Waals surface area contributed by atoms with Gasteiger partial charge in [0.1, 0.15) is 0 Å². The first-order chi connectivity index (χ1) is 7.34. The Morgan fingerprint density at radius 1 is 1.40 bits per heavy atom. The molecule has 0 spiro atoms. The molecule has 1 saturated heterocycles. The summed E-state index contributed by atoms with van der Waals surface area (Å²) in [5.74, 6) is 0.0481. The standard InChI is InChI=1S/C11H13NO2S/c13-11(12-5-2-6-14-12)10-7-8-3-1-4-9(8)15-10/h7H,1-6H2. The molecule has 15 heavy (non-hydrogen) atoms. The van der Waals surface area contributed by atoms with E-state index in [4.69, 9.17) is 4.84 Å². The van der Waals surface area contributed by atoms with Crippen LogP contribution in [0.4, 0.5) is 0 Å². The summed E-state index contributed by atoms with van der Waals surface area (Å²) in [7, 11) is 0. The van der Waals surface area contributed by atoms with Crippen molar-refractivity contribution in [1.82, 2.24) is 5.06 Å². The lowest BCUT2D eigenvalue weighted by atomic mass is 10.2. The third-order valence-corrected chi connectivity index (χ3v) is 4.16. The Balaban J connectivity index is 1.83. The van der Waals surface area contributed by atoms with Crippen LogP contribution in [0.15, 0.2) is 6.07 Å². The molecule has 0 radical (unpaired) electrons. The number of hydrogen-bond donors (Lipinski definition) is 0. The van der Waals surface area contributed by atoms with Crippen LogP contribution < -0.4 is 0 Å². The van der Waals surface area contributed by atoms with Gasteiger partial charge in [-0.2, -0.15) is 0 Å². The second kappa shape index (κ2) is 3.61. The minimum atomic E-state index is 0.0481. The maximum Gasteiger partial charge on any atom is 0.287 e. The molecule has 0 unspecified atom stereocenters. The predicted octanol–water partition coefficient (Wildman–Crippen LogP) is 2.01. The van der Waals surface area contributed by atoms with Crippen molar-refractivity contribution in [3.05, 3.63) is 21.4 Å². The van der Waals surface area contributed by atoms with Crippen molar-refractivity contribution in [2.45, 2.75) is 25.7 Å². The highest BCUT2D eigenvalue weighted by Crippen LogP contribution is 2.31. The molecule has 80 valence electrons. The van der Waals surface area contributed by atoms with Crippen LogP contribution in [-0.2, 0) is 17.7 Å². The number of hydroxylamine groups is 2. The van der Waals surface area contributed by atoms with Crippen LogP contribution in [0.1, 0.15) is 33.0 Å². The number of nitrogens with zero attached hydrogens (tertiary/aromatic N) is 1. The van der Waals surface area contributed by atoms with Crippen molar-refractivity contribution in [3.8, 4) is 0 Å². The zero-order valence-electron chi connectivity index (χ0n) is 8.49. The molecule has 1 fully saturated rings. The first-order valence-corrected chi connectivity index (χ1v) is 6.22. The van der Waals surface area contributed by atoms with Crippen LogP contribution in [0.5, 0.6) is 0 Å². The molecule has 0 aromatic carbocycles. The van der Waals surface area contributed by atoms with Crippen LogP contribution in [0.3, 0.4) is 0 Å². The molecule has 3 nitrogen and oxygen atoms in total. The molecule has 1 amide bonds. The number of carbonyl (C=O) groups is 1. The van der Waals surface area contributed by atoms with Gasteiger partial charge in [-0.3, -0.25) is 9.63 Å². The minimum Gasteiger partial charge on any atom is -0.271 e. The van der Waals surface area contributed by atoms with Gasteiger partial charge in [0, 0.05) is 4.88 Å². The Morgan fingerprint density at radius 2 is 2.33 bits per heavy atom. The fourth-order valence-corrected chi connectivity index (χ4v) is 3.36. The molecule has 0 N–H and O–H groups in total. The van der Waals surface area contributed by atoms with Crippen LogP contribution >= 0.6 is 11.3 Å². The fourth-order valence-electron chi connectivity index (χ4n) is 2.16. The van der Waals surface area contributed by atoms with Gasteiger partial charge in [-0.05, 0) is 37.3 Å². The molecule has 4 heteroatoms. The molecular weight excluding hydrogens is 210 g/mol. The quantitative estimate of drug-likeness (QED) is 0.729. The highest BCUT2D eigenvalue weighted by molar-refractivity contribution is 7.14. The van der Waals surface area contributed by atoms with E-state index in [1.807, 2.05) is 0 Å². The fraction of sp³-hybridized carbons (Fsp3) is 0.545. The maximum atomic E-state index is 12.0. The van der Waals surface area contributed by atoms with E-state index in [1.165, 1.54) is 21.9 Å². The molecule has 0 saturated carbocycles. The van der Waals surface area contributed by atoms with Crippen LogP contribution in [0.25, 0.3) is 0 Å². The third kappa shape index (κ3) is 1.58. The van der Waals surface area contributed by atoms with Crippen molar-refractivity contribution in [3.63, 3.8) is 0 Å². The van der Waals surface area contributed by atoms with Crippen LogP contribution in [0.2, 0.25) is 0 Å². The molecule has 1 aromatic rings. The summed E-state index contributed by atoms with van der Waals surface area (Å²) < 4.78 is 0. The second-order valence-electron chi connectivity index (χ2n) is 4.01. The lowest BCUT2D eigenvalue weighted by Crippen LogP contribution is -2.25. The Kier molecular flexibility index (Phi) is 2.25. The predicted molar refractivity (Wildman–Crippen MR) is 57.9 cm³/mol. The van der Waals surface area contributed by atoms with Crippen molar-refractivity contribution in [1.29, 1.82) is 0 Å². The van der Waals surface area contributed by atoms with Gasteiger partial charge in [-0.25, -0.2) is 5.06 Å². The number of aryl methyl sites for hydroxylation is 2. The molecule has 0 atom stereocenters. The van der Waals surface area contributed by atoms with E-state index in [1.54, 1.807) is 11.3 Å². The molecule has 1 aromatic heterocycles. The van der Waals surface area contributed by atoms with Crippen molar-refractivity contribution in [2.24, 2.45) is 0 Å². The Hall–Kier alpha value is -0.870. The van der Waals surface area contributed by atoms with E-state index in [2.05, 4.69) is 6.07 Å². The Bertz CT molecular complexity index is 372. The summed E-state index contributed by atoms with van der Waals surface area (Å²) in [6, 6.07) is 2.05. The summed E-state index contributed by atoms with van der Waals surface area (Å²) >= 11 is 1.65. The van der Waals surface area contributed by atoms with Gasteiger partial charge in [0.15, 0.2) is 0 Å². The second-order valence-corrected chi connectivity index (χ2v) is 5.14. The Labute approximate surface area is 92.6 Å². The SMILES string of the molecule is O=C(c1cc2c(s1)CCC2)N1CCCO1. The van der Waals surface area contributed by atoms with E-state index in [0.717, 1.165) is 30.7 Å². The number of thiophene rings is 1. The van der Waals surface area contributed by atoms with Gasteiger partial charge in [0.05, 0.1) is 18.0 Å². The average molecular weight is 223 g/mol. The molecule has 3 rings (SSSR count). The van der Waals surface area contributed by atoms with E-state index in [-0.39, 0.29) is 5.91 Å². The van der Waals surface area contributed by atoms with E-state index in [0.29, 0.717) is 6.61 Å². The average Bonchev–Trinajstić information content (AvgIpc) is 2.92. The maximum absolute atomic E-state index is 12.0. The number of amides is 1. The zero-order chi connectivity index (χ0) is 10.3. The summed E-state index contributed by atoms with van der Waals surface area (Å²) in [6.45, 7) is 1.41. The number of rotatable bonds is 1. The lowest BCUT2D eigenvalue weighted by molar-refractivity contribution is -0.0765. The summed E-state index contributed by atoms with van der Waals surface area (Å²) in [4.78, 5) is 19.5. The van der Waals surface area contributed by atoms with Gasteiger partial charge in [-0.15, -0.1) is 11.3 Å². The van der Waals surface area contributed by atoms with Crippen molar-refractivity contribution >= 4 is 17.2 Å². The van der Waals surface area contributed by atoms with Crippen LogP contribution in [0, 0.1) is 0 Å². The normalized spacial score (nSPS) is 19.6. The van der Waals surface area contributed by atoms with Gasteiger partial charge >= 0.3 is 0 Å². The largest absolute Gasteiger partial charge is 0.287 e. The first-order valence-electron chi connectivity index (χ1n) is 5.41. The smallest absolute Gasteiger partial charge is 0.271 e. The number of hydrogen-bond acceptors (Lipinski definition) is 3. The van der Waals surface area contributed by atoms with Crippen molar-refractivity contribution < 1.29 is 9.63 Å². The van der Waals surface area contributed by atoms with E-state index >= 15 is 0 Å². The zero-order valence-corrected chi connectivity index (χ0v) is 9.31. The highest BCUT2D eigenvalue weighted by atomic mass is 32.1. The molecule has 1 aliphatic heterocycles. The van der Waals surface area contributed by atoms with E-state index in [9.17, 15) is 4.79 Å². The molecule has 2 heterocycles.